The second-order valence-electron chi connectivity index (χ2n) is 4.76. The summed E-state index contributed by atoms with van der Waals surface area (Å²) in [7, 11) is 0. The molecule has 2 rings (SSSR count). The van der Waals surface area contributed by atoms with Crippen molar-refractivity contribution in [1.29, 1.82) is 0 Å². The summed E-state index contributed by atoms with van der Waals surface area (Å²) in [6.07, 6.45) is 0.580. The SMILES string of the molecule is O=C(O)C(O)=CC(=O)c1cccc(OCc2ccc(F)c(F)c2)c1. The highest BCUT2D eigenvalue weighted by Gasteiger charge is 2.10. The fourth-order valence-electron chi connectivity index (χ4n) is 1.80. The van der Waals surface area contributed by atoms with Crippen molar-refractivity contribution >= 4 is 11.8 Å². The van der Waals surface area contributed by atoms with Crippen LogP contribution < -0.4 is 4.74 Å². The molecule has 0 aromatic heterocycles. The fourth-order valence-corrected chi connectivity index (χ4v) is 1.80. The Kier molecular flexibility index (Phi) is 5.26. The molecule has 2 aromatic rings. The Bertz CT molecular complexity index is 814. The fraction of sp³-hybridized carbons (Fsp3) is 0.0588. The van der Waals surface area contributed by atoms with Crippen LogP contribution in [0.15, 0.2) is 54.3 Å². The first-order valence-corrected chi connectivity index (χ1v) is 6.72. The van der Waals surface area contributed by atoms with Crippen molar-refractivity contribution in [1.82, 2.24) is 0 Å². The molecule has 2 aromatic carbocycles. The van der Waals surface area contributed by atoms with Crippen molar-refractivity contribution in [2.75, 3.05) is 0 Å². The first-order chi connectivity index (χ1) is 11.4. The van der Waals surface area contributed by atoms with Gasteiger partial charge in [0.2, 0.25) is 5.76 Å². The predicted octanol–water partition coefficient (Wildman–Crippen LogP) is 3.25. The van der Waals surface area contributed by atoms with Gasteiger partial charge in [-0.05, 0) is 29.8 Å². The van der Waals surface area contributed by atoms with Crippen molar-refractivity contribution in [3.05, 3.63) is 77.1 Å². The van der Waals surface area contributed by atoms with Crippen LogP contribution in [0.25, 0.3) is 0 Å². The van der Waals surface area contributed by atoms with E-state index in [-0.39, 0.29) is 17.9 Å². The largest absolute Gasteiger partial charge is 0.502 e. The lowest BCUT2D eigenvalue weighted by Gasteiger charge is -2.07. The smallest absolute Gasteiger partial charge is 0.371 e. The minimum atomic E-state index is -1.62. The number of carbonyl (C=O) groups is 2. The van der Waals surface area contributed by atoms with Crippen LogP contribution >= 0.6 is 0 Å². The normalized spacial score (nSPS) is 11.2. The van der Waals surface area contributed by atoms with Crippen molar-refractivity contribution in [3.8, 4) is 5.75 Å². The molecule has 7 heteroatoms. The lowest BCUT2D eigenvalue weighted by Crippen LogP contribution is -2.04. The van der Waals surface area contributed by atoms with Gasteiger partial charge < -0.3 is 14.9 Å². The highest BCUT2D eigenvalue weighted by molar-refractivity contribution is 6.07. The first-order valence-electron chi connectivity index (χ1n) is 6.72. The third-order valence-corrected chi connectivity index (χ3v) is 2.99. The van der Waals surface area contributed by atoms with Gasteiger partial charge in [0.05, 0.1) is 0 Å². The number of ketones is 1. The van der Waals surface area contributed by atoms with Gasteiger partial charge in [-0.25, -0.2) is 13.6 Å². The van der Waals surface area contributed by atoms with E-state index in [1.54, 1.807) is 0 Å². The van der Waals surface area contributed by atoms with Crippen molar-refractivity contribution in [3.63, 3.8) is 0 Å². The molecule has 0 unspecified atom stereocenters. The molecular formula is C17H12F2O5. The number of carbonyl (C=O) groups excluding carboxylic acids is 1. The van der Waals surface area contributed by atoms with Crippen LogP contribution in [0, 0.1) is 11.6 Å². The molecule has 0 amide bonds. The quantitative estimate of drug-likeness (QED) is 0.481. The number of allylic oxidation sites excluding steroid dienone is 1. The number of aliphatic hydroxyl groups excluding tert-OH is 1. The van der Waals surface area contributed by atoms with Crippen LogP contribution in [0.4, 0.5) is 8.78 Å². The Morgan fingerprint density at radius 2 is 1.79 bits per heavy atom. The number of hydrogen-bond donors (Lipinski definition) is 2. The summed E-state index contributed by atoms with van der Waals surface area (Å²) < 4.78 is 31.3. The van der Waals surface area contributed by atoms with E-state index in [9.17, 15) is 18.4 Å². The van der Waals surface area contributed by atoms with Crippen molar-refractivity contribution < 1.29 is 33.3 Å². The number of carboxylic acid groups (broad SMARTS) is 1. The summed E-state index contributed by atoms with van der Waals surface area (Å²) >= 11 is 0. The lowest BCUT2D eigenvalue weighted by atomic mass is 10.1. The standard InChI is InChI=1S/C17H12F2O5/c18-13-5-4-10(6-14(13)19)9-24-12-3-1-2-11(7-12)15(20)8-16(21)17(22)23/h1-8,21H,9H2,(H,22,23). The Morgan fingerprint density at radius 1 is 1.04 bits per heavy atom. The van der Waals surface area contributed by atoms with Crippen LogP contribution in [-0.4, -0.2) is 22.0 Å². The molecule has 0 fully saturated rings. The Morgan fingerprint density at radius 3 is 2.46 bits per heavy atom. The van der Waals surface area contributed by atoms with E-state index < -0.39 is 29.1 Å². The number of aliphatic hydroxyl groups is 1. The summed E-state index contributed by atoms with van der Waals surface area (Å²) in [5.74, 6) is -5.09. The van der Waals surface area contributed by atoms with Crippen molar-refractivity contribution in [2.45, 2.75) is 6.61 Å². The molecule has 0 radical (unpaired) electrons. The van der Waals surface area contributed by atoms with Crippen LogP contribution in [0.3, 0.4) is 0 Å². The number of hydrogen-bond acceptors (Lipinski definition) is 4. The second-order valence-corrected chi connectivity index (χ2v) is 4.76. The minimum absolute atomic E-state index is 0.0505. The molecule has 0 heterocycles. The van der Waals surface area contributed by atoms with Gasteiger partial charge in [-0.15, -0.1) is 0 Å². The van der Waals surface area contributed by atoms with Gasteiger partial charge in [-0.1, -0.05) is 18.2 Å². The highest BCUT2D eigenvalue weighted by Crippen LogP contribution is 2.17. The maximum atomic E-state index is 13.1. The summed E-state index contributed by atoms with van der Waals surface area (Å²) in [6, 6.07) is 9.13. The number of carboxylic acids is 1. The van der Waals surface area contributed by atoms with Gasteiger partial charge in [0.15, 0.2) is 17.4 Å². The van der Waals surface area contributed by atoms with Crippen LogP contribution in [0.1, 0.15) is 15.9 Å². The summed E-state index contributed by atoms with van der Waals surface area (Å²) in [4.78, 5) is 22.3. The van der Waals surface area contributed by atoms with Gasteiger partial charge in [0.1, 0.15) is 12.4 Å². The molecule has 2 N–H and O–H groups in total. The number of aliphatic carboxylic acids is 1. The predicted molar refractivity (Wildman–Crippen MR) is 79.8 cm³/mol. The van der Waals surface area contributed by atoms with E-state index in [1.165, 1.54) is 30.3 Å². The molecule has 0 saturated heterocycles. The molecule has 0 aliphatic carbocycles. The first kappa shape index (κ1) is 17.1. The number of rotatable bonds is 6. The molecule has 0 bridgehead atoms. The number of ether oxygens (including phenoxy) is 1. The van der Waals surface area contributed by atoms with E-state index in [1.807, 2.05) is 0 Å². The molecule has 0 aliphatic heterocycles. The average Bonchev–Trinajstić information content (AvgIpc) is 2.56. The summed E-state index contributed by atoms with van der Waals surface area (Å²) in [6.45, 7) is -0.0505. The molecule has 124 valence electrons. The third-order valence-electron chi connectivity index (χ3n) is 2.99. The van der Waals surface area contributed by atoms with Gasteiger partial charge >= 0.3 is 5.97 Å². The maximum absolute atomic E-state index is 13.1. The number of benzene rings is 2. The maximum Gasteiger partial charge on any atom is 0.371 e. The van der Waals surface area contributed by atoms with E-state index >= 15 is 0 Å². The van der Waals surface area contributed by atoms with Gasteiger partial charge in [0.25, 0.3) is 0 Å². The molecule has 5 nitrogen and oxygen atoms in total. The third kappa shape index (κ3) is 4.39. The molecular weight excluding hydrogens is 322 g/mol. The monoisotopic (exact) mass is 334 g/mol. The van der Waals surface area contributed by atoms with E-state index in [0.29, 0.717) is 11.6 Å². The molecule has 0 saturated carbocycles. The van der Waals surface area contributed by atoms with E-state index in [2.05, 4.69) is 0 Å². The average molecular weight is 334 g/mol. The summed E-state index contributed by atoms with van der Waals surface area (Å²) in [5.41, 5.74) is 0.500. The van der Waals surface area contributed by atoms with Crippen LogP contribution in [-0.2, 0) is 11.4 Å². The van der Waals surface area contributed by atoms with Gasteiger partial charge in [0, 0.05) is 11.6 Å². The number of halogens is 2. The van der Waals surface area contributed by atoms with Gasteiger partial charge in [-0.3, -0.25) is 4.79 Å². The lowest BCUT2D eigenvalue weighted by molar-refractivity contribution is -0.135. The topological polar surface area (TPSA) is 83.8 Å². The van der Waals surface area contributed by atoms with Crippen LogP contribution in [0.5, 0.6) is 5.75 Å². The molecule has 24 heavy (non-hydrogen) atoms. The highest BCUT2D eigenvalue weighted by atomic mass is 19.2. The molecule has 0 atom stereocenters. The molecule has 0 aliphatic rings. The van der Waals surface area contributed by atoms with E-state index in [0.717, 1.165) is 12.1 Å². The Labute approximate surface area is 135 Å². The second kappa shape index (κ2) is 7.36. The van der Waals surface area contributed by atoms with Crippen LogP contribution in [0.2, 0.25) is 0 Å². The van der Waals surface area contributed by atoms with E-state index in [4.69, 9.17) is 14.9 Å². The minimum Gasteiger partial charge on any atom is -0.502 e. The van der Waals surface area contributed by atoms with Gasteiger partial charge in [-0.2, -0.15) is 0 Å². The van der Waals surface area contributed by atoms with Crippen molar-refractivity contribution in [2.24, 2.45) is 0 Å². The Balaban J connectivity index is 2.10. The Hall–Kier alpha value is -3.22. The zero-order valence-electron chi connectivity index (χ0n) is 12.2. The molecule has 0 spiro atoms. The summed E-state index contributed by atoms with van der Waals surface area (Å²) in [5, 5.41) is 17.6. The zero-order chi connectivity index (χ0) is 17.7. The zero-order valence-corrected chi connectivity index (χ0v) is 12.2.